The lowest BCUT2D eigenvalue weighted by molar-refractivity contribution is -0.145. The van der Waals surface area contributed by atoms with E-state index in [0.29, 0.717) is 32.2 Å². The highest BCUT2D eigenvalue weighted by Gasteiger charge is 2.41. The van der Waals surface area contributed by atoms with Gasteiger partial charge in [0.25, 0.3) is 5.91 Å². The minimum atomic E-state index is -0.906. The molecule has 0 aromatic heterocycles. The Morgan fingerprint density at radius 1 is 0.711 bits per heavy atom. The molecule has 2 aliphatic rings. The molecule has 11 nitrogen and oxygen atoms in total. The Labute approximate surface area is 227 Å². The van der Waals surface area contributed by atoms with Crippen LogP contribution >= 0.6 is 0 Å². The maximum Gasteiger partial charge on any atom is 0.259 e. The van der Waals surface area contributed by atoms with Gasteiger partial charge in [0, 0.05) is 6.54 Å². The van der Waals surface area contributed by atoms with Gasteiger partial charge >= 0.3 is 0 Å². The predicted molar refractivity (Wildman–Crippen MR) is 144 cm³/mol. The lowest BCUT2D eigenvalue weighted by Gasteiger charge is -2.31. The number of hydrazine groups is 1. The molecule has 1 unspecified atom stereocenters. The Bertz CT molecular complexity index is 876. The Kier molecular flexibility index (Phi) is 11.5. The summed E-state index contributed by atoms with van der Waals surface area (Å²) in [6.07, 6.45) is 1.72. The van der Waals surface area contributed by atoms with Crippen molar-refractivity contribution in [3.8, 4) is 0 Å². The third-order valence-electron chi connectivity index (χ3n) is 7.25. The fourth-order valence-electron chi connectivity index (χ4n) is 4.87. The molecule has 0 aromatic rings. The molecule has 0 aromatic carbocycles. The van der Waals surface area contributed by atoms with Crippen LogP contribution in [0.4, 0.5) is 0 Å². The second kappa shape index (κ2) is 13.9. The number of nitrogens with zero attached hydrogens (tertiary/aromatic N) is 1. The second-order valence-electron chi connectivity index (χ2n) is 11.9. The van der Waals surface area contributed by atoms with Gasteiger partial charge in [-0.3, -0.25) is 29.0 Å². The van der Waals surface area contributed by atoms with Crippen molar-refractivity contribution in [3.05, 3.63) is 0 Å². The highest BCUT2D eigenvalue weighted by molar-refractivity contribution is 5.98. The molecular formula is C27H48N6O5. The number of carbonyl (C=O) groups excluding carboxylic acids is 5. The Morgan fingerprint density at radius 3 is 1.79 bits per heavy atom. The monoisotopic (exact) mass is 536 g/mol. The van der Waals surface area contributed by atoms with Crippen LogP contribution in [0.1, 0.15) is 81.1 Å². The van der Waals surface area contributed by atoms with Crippen LogP contribution in [0.15, 0.2) is 0 Å². The van der Waals surface area contributed by atoms with Crippen LogP contribution in [-0.2, 0) is 24.0 Å². The number of rotatable bonds is 7. The summed E-state index contributed by atoms with van der Waals surface area (Å²) >= 11 is 0. The molecular weight excluding hydrogens is 488 g/mol. The van der Waals surface area contributed by atoms with Gasteiger partial charge in [-0.15, -0.1) is 0 Å². The summed E-state index contributed by atoms with van der Waals surface area (Å²) in [5, 5.41) is 12.6. The van der Waals surface area contributed by atoms with Crippen molar-refractivity contribution in [2.24, 2.45) is 23.7 Å². The molecule has 0 bridgehead atoms. The summed E-state index contributed by atoms with van der Waals surface area (Å²) in [7, 11) is 0. The number of nitrogens with one attached hydrogen (secondary N) is 5. The predicted octanol–water partition coefficient (Wildman–Crippen LogP) is 0.839. The van der Waals surface area contributed by atoms with Crippen molar-refractivity contribution in [2.75, 3.05) is 6.54 Å². The lowest BCUT2D eigenvalue weighted by atomic mass is 9.95. The summed E-state index contributed by atoms with van der Waals surface area (Å²) in [5.41, 5.74) is 2.99. The first-order valence-corrected chi connectivity index (χ1v) is 14.0. The Hall–Kier alpha value is -2.69. The summed E-state index contributed by atoms with van der Waals surface area (Å²) in [4.78, 5) is 67.4. The number of amides is 5. The maximum atomic E-state index is 13.7. The molecule has 0 radical (unpaired) electrons. The average molecular weight is 537 g/mol. The first-order chi connectivity index (χ1) is 17.8. The van der Waals surface area contributed by atoms with Crippen molar-refractivity contribution in [1.82, 2.24) is 31.7 Å². The fraction of sp³-hybridized carbons (Fsp3) is 0.815. The molecule has 5 amide bonds. The molecule has 0 saturated carbocycles. The van der Waals surface area contributed by atoms with E-state index in [2.05, 4.69) is 26.7 Å². The third kappa shape index (κ3) is 8.15. The second-order valence-corrected chi connectivity index (χ2v) is 11.9. The van der Waals surface area contributed by atoms with E-state index >= 15 is 0 Å². The Morgan fingerprint density at radius 2 is 1.24 bits per heavy atom. The molecule has 0 aliphatic carbocycles. The van der Waals surface area contributed by atoms with Crippen molar-refractivity contribution in [2.45, 2.75) is 111 Å². The van der Waals surface area contributed by atoms with Gasteiger partial charge in [-0.2, -0.15) is 0 Å². The van der Waals surface area contributed by atoms with Gasteiger partial charge in [-0.25, -0.2) is 5.43 Å². The molecule has 38 heavy (non-hydrogen) atoms. The number of fused-ring (bicyclic) bond motifs is 1. The highest BCUT2D eigenvalue weighted by Crippen LogP contribution is 2.18. The van der Waals surface area contributed by atoms with Crippen LogP contribution in [0.25, 0.3) is 0 Å². The standard InChI is InChI=1S/C27H48N6O5/c1-9-17(8)22-26(37)30-19(13-15(4)5)27(38)33-20(10-11-28-33)24(35)29-18(12-14(2)3)23(34)31-21(16(6)7)25(36)32-22/h14-22,28H,9-13H2,1-8H3,(H,29,35)(H,30,37)(H,31,34)(H,32,36)/t17?,18-,19-,20+,21+,22-/m0/s1. The van der Waals surface area contributed by atoms with Gasteiger partial charge in [0.2, 0.25) is 23.6 Å². The van der Waals surface area contributed by atoms with Gasteiger partial charge in [-0.05, 0) is 42.9 Å². The quantitative estimate of drug-likeness (QED) is 0.326. The number of hydrogen-bond acceptors (Lipinski definition) is 6. The van der Waals surface area contributed by atoms with Crippen molar-refractivity contribution in [1.29, 1.82) is 0 Å². The van der Waals surface area contributed by atoms with E-state index < -0.39 is 59.7 Å². The van der Waals surface area contributed by atoms with Crippen molar-refractivity contribution < 1.29 is 24.0 Å². The van der Waals surface area contributed by atoms with E-state index in [1.165, 1.54) is 5.01 Å². The van der Waals surface area contributed by atoms with E-state index in [4.69, 9.17) is 0 Å². The SMILES string of the molecule is CCC(C)[C@@H]1NC(=O)[C@@H](C(C)C)NC(=O)[C@H](CC(C)C)NC(=O)[C@H]2CCNN2C(=O)[C@H](CC(C)C)NC1=O. The molecule has 2 fully saturated rings. The largest absolute Gasteiger partial charge is 0.342 e. The highest BCUT2D eigenvalue weighted by atomic mass is 16.2. The summed E-state index contributed by atoms with van der Waals surface area (Å²) in [6.45, 7) is 15.6. The first-order valence-electron chi connectivity index (χ1n) is 14.0. The first kappa shape index (κ1) is 31.5. The topological polar surface area (TPSA) is 149 Å². The van der Waals surface area contributed by atoms with E-state index in [1.807, 2.05) is 55.4 Å². The Balaban J connectivity index is 2.56. The minimum absolute atomic E-state index is 0.0837. The molecule has 6 atom stereocenters. The summed E-state index contributed by atoms with van der Waals surface area (Å²) < 4.78 is 0. The van der Waals surface area contributed by atoms with Gasteiger partial charge in [0.15, 0.2) is 0 Å². The molecule has 0 spiro atoms. The molecule has 216 valence electrons. The smallest absolute Gasteiger partial charge is 0.259 e. The zero-order valence-corrected chi connectivity index (χ0v) is 24.2. The van der Waals surface area contributed by atoms with Gasteiger partial charge in [0.05, 0.1) is 0 Å². The average Bonchev–Trinajstić information content (AvgIpc) is 3.32. The fourth-order valence-corrected chi connectivity index (χ4v) is 4.87. The van der Waals surface area contributed by atoms with E-state index in [9.17, 15) is 24.0 Å². The van der Waals surface area contributed by atoms with Crippen LogP contribution in [0, 0.1) is 23.7 Å². The molecule has 5 N–H and O–H groups in total. The van der Waals surface area contributed by atoms with Crippen LogP contribution in [0.2, 0.25) is 0 Å². The van der Waals surface area contributed by atoms with Gasteiger partial charge < -0.3 is 21.3 Å². The zero-order chi connectivity index (χ0) is 28.7. The summed E-state index contributed by atoms with van der Waals surface area (Å²) in [5.74, 6) is -2.60. The van der Waals surface area contributed by atoms with Crippen LogP contribution in [-0.4, -0.2) is 71.3 Å². The minimum Gasteiger partial charge on any atom is -0.342 e. The molecule has 2 saturated heterocycles. The van der Waals surface area contributed by atoms with Crippen LogP contribution in [0.3, 0.4) is 0 Å². The molecule has 2 heterocycles. The summed E-state index contributed by atoms with van der Waals surface area (Å²) in [6, 6.07) is -4.39. The number of carbonyl (C=O) groups is 5. The van der Waals surface area contributed by atoms with E-state index in [0.717, 1.165) is 0 Å². The molecule has 11 heteroatoms. The van der Waals surface area contributed by atoms with Gasteiger partial charge in [0.1, 0.15) is 30.2 Å². The third-order valence-corrected chi connectivity index (χ3v) is 7.25. The molecule has 2 aliphatic heterocycles. The molecule has 2 rings (SSSR count). The maximum absolute atomic E-state index is 13.7. The van der Waals surface area contributed by atoms with Gasteiger partial charge in [-0.1, -0.05) is 61.8 Å². The number of hydrogen-bond donors (Lipinski definition) is 5. The van der Waals surface area contributed by atoms with Crippen molar-refractivity contribution >= 4 is 29.5 Å². The van der Waals surface area contributed by atoms with Crippen LogP contribution < -0.4 is 26.7 Å². The van der Waals surface area contributed by atoms with Crippen molar-refractivity contribution in [3.63, 3.8) is 0 Å². The zero-order valence-electron chi connectivity index (χ0n) is 24.2. The van der Waals surface area contributed by atoms with E-state index in [-0.39, 0.29) is 23.7 Å². The lowest BCUT2D eigenvalue weighted by Crippen LogP contribution is -2.60. The normalized spacial score (nSPS) is 28.9. The van der Waals surface area contributed by atoms with Crippen LogP contribution in [0.5, 0.6) is 0 Å². The van der Waals surface area contributed by atoms with E-state index in [1.54, 1.807) is 0 Å².